The van der Waals surface area contributed by atoms with E-state index in [4.69, 9.17) is 5.73 Å². The van der Waals surface area contributed by atoms with Crippen molar-refractivity contribution in [2.75, 3.05) is 24.5 Å². The van der Waals surface area contributed by atoms with Gasteiger partial charge in [0.05, 0.1) is 6.04 Å². The number of anilines is 1. The first-order valence-corrected chi connectivity index (χ1v) is 7.81. The number of amides is 1. The van der Waals surface area contributed by atoms with Crippen LogP contribution in [0.15, 0.2) is 24.3 Å². The van der Waals surface area contributed by atoms with Crippen LogP contribution < -0.4 is 16.0 Å². The van der Waals surface area contributed by atoms with Crippen LogP contribution in [0.5, 0.6) is 0 Å². The number of hydrogen-bond acceptors (Lipinski definition) is 3. The SMILES string of the molecule is CC(C)(C)[C@H](N)C(=O)NCC1CCN(c2ccc(F)cc2)C1. The largest absolute Gasteiger partial charge is 0.371 e. The summed E-state index contributed by atoms with van der Waals surface area (Å²) in [6, 6.07) is 6.05. The maximum Gasteiger partial charge on any atom is 0.237 e. The minimum atomic E-state index is -0.498. The highest BCUT2D eigenvalue weighted by molar-refractivity contribution is 5.82. The third kappa shape index (κ3) is 4.19. The first kappa shape index (κ1) is 16.7. The summed E-state index contributed by atoms with van der Waals surface area (Å²) >= 11 is 0. The van der Waals surface area contributed by atoms with Crippen LogP contribution in [-0.2, 0) is 4.79 Å². The summed E-state index contributed by atoms with van der Waals surface area (Å²) in [4.78, 5) is 14.3. The molecule has 1 heterocycles. The highest BCUT2D eigenvalue weighted by atomic mass is 19.1. The number of halogens is 1. The topological polar surface area (TPSA) is 58.4 Å². The van der Waals surface area contributed by atoms with Gasteiger partial charge in [-0.2, -0.15) is 0 Å². The monoisotopic (exact) mass is 307 g/mol. The first-order chi connectivity index (χ1) is 10.3. The van der Waals surface area contributed by atoms with Gasteiger partial charge in [0.2, 0.25) is 5.91 Å². The van der Waals surface area contributed by atoms with Gasteiger partial charge >= 0.3 is 0 Å². The highest BCUT2D eigenvalue weighted by Gasteiger charge is 2.29. The number of benzene rings is 1. The molecule has 1 aliphatic rings. The second kappa shape index (κ2) is 6.65. The summed E-state index contributed by atoms with van der Waals surface area (Å²) in [6.07, 6.45) is 1.02. The van der Waals surface area contributed by atoms with Gasteiger partial charge in [0.1, 0.15) is 5.82 Å². The standard InChI is InChI=1S/C17H26FN3O/c1-17(2,3)15(19)16(22)20-10-12-8-9-21(11-12)14-6-4-13(18)5-7-14/h4-7,12,15H,8-11,19H2,1-3H3,(H,20,22)/t12?,15-/m1/s1. The van der Waals surface area contributed by atoms with Crippen molar-refractivity contribution in [3.63, 3.8) is 0 Å². The van der Waals surface area contributed by atoms with Crippen molar-refractivity contribution >= 4 is 11.6 Å². The zero-order valence-corrected chi connectivity index (χ0v) is 13.6. The summed E-state index contributed by atoms with van der Waals surface area (Å²) in [6.45, 7) is 8.32. The molecule has 1 amide bonds. The van der Waals surface area contributed by atoms with E-state index in [-0.39, 0.29) is 17.1 Å². The van der Waals surface area contributed by atoms with Gasteiger partial charge in [-0.1, -0.05) is 20.8 Å². The molecule has 22 heavy (non-hydrogen) atoms. The van der Waals surface area contributed by atoms with E-state index in [0.29, 0.717) is 12.5 Å². The van der Waals surface area contributed by atoms with E-state index in [9.17, 15) is 9.18 Å². The molecule has 1 aromatic rings. The number of carbonyl (C=O) groups is 1. The molecule has 1 aliphatic heterocycles. The molecule has 0 saturated carbocycles. The predicted molar refractivity (Wildman–Crippen MR) is 87.2 cm³/mol. The Bertz CT molecular complexity index is 510. The Labute approximate surface area is 131 Å². The van der Waals surface area contributed by atoms with Gasteiger partial charge < -0.3 is 16.0 Å². The van der Waals surface area contributed by atoms with Crippen molar-refractivity contribution in [2.45, 2.75) is 33.2 Å². The summed E-state index contributed by atoms with van der Waals surface area (Å²) in [7, 11) is 0. The number of nitrogens with zero attached hydrogens (tertiary/aromatic N) is 1. The van der Waals surface area contributed by atoms with E-state index in [1.54, 1.807) is 12.1 Å². The fourth-order valence-electron chi connectivity index (χ4n) is 2.63. The molecule has 1 unspecified atom stereocenters. The number of nitrogens with one attached hydrogen (secondary N) is 1. The lowest BCUT2D eigenvalue weighted by Crippen LogP contribution is -2.49. The Morgan fingerprint density at radius 1 is 1.41 bits per heavy atom. The Morgan fingerprint density at radius 2 is 2.05 bits per heavy atom. The molecule has 1 aromatic carbocycles. The minimum absolute atomic E-state index is 0.0901. The summed E-state index contributed by atoms with van der Waals surface area (Å²) in [5.41, 5.74) is 6.75. The summed E-state index contributed by atoms with van der Waals surface area (Å²) in [5, 5.41) is 2.96. The normalized spacial score (nSPS) is 20.0. The average molecular weight is 307 g/mol. The van der Waals surface area contributed by atoms with Crippen LogP contribution in [0.25, 0.3) is 0 Å². The lowest BCUT2D eigenvalue weighted by molar-refractivity contribution is -0.124. The van der Waals surface area contributed by atoms with E-state index >= 15 is 0 Å². The van der Waals surface area contributed by atoms with Crippen LogP contribution in [0.4, 0.5) is 10.1 Å². The number of nitrogens with two attached hydrogens (primary N) is 1. The molecule has 0 spiro atoms. The van der Waals surface area contributed by atoms with E-state index in [1.807, 2.05) is 20.8 Å². The molecular formula is C17H26FN3O. The average Bonchev–Trinajstić information content (AvgIpc) is 2.92. The molecular weight excluding hydrogens is 281 g/mol. The zero-order chi connectivity index (χ0) is 16.3. The lowest BCUT2D eigenvalue weighted by atomic mass is 9.87. The fourth-order valence-corrected chi connectivity index (χ4v) is 2.63. The van der Waals surface area contributed by atoms with Crippen LogP contribution >= 0.6 is 0 Å². The van der Waals surface area contributed by atoms with Crippen molar-refractivity contribution in [3.8, 4) is 0 Å². The van der Waals surface area contributed by atoms with Crippen molar-refractivity contribution in [3.05, 3.63) is 30.1 Å². The Kier molecular flexibility index (Phi) is 5.06. The molecule has 122 valence electrons. The van der Waals surface area contributed by atoms with E-state index in [0.717, 1.165) is 25.2 Å². The van der Waals surface area contributed by atoms with Crippen molar-refractivity contribution in [1.29, 1.82) is 0 Å². The smallest absolute Gasteiger partial charge is 0.237 e. The molecule has 5 heteroatoms. The zero-order valence-electron chi connectivity index (χ0n) is 13.6. The molecule has 1 fully saturated rings. The molecule has 0 radical (unpaired) electrons. The van der Waals surface area contributed by atoms with Crippen LogP contribution in [0.3, 0.4) is 0 Å². The fraction of sp³-hybridized carbons (Fsp3) is 0.588. The summed E-state index contributed by atoms with van der Waals surface area (Å²) < 4.78 is 13.0. The molecule has 4 nitrogen and oxygen atoms in total. The third-order valence-corrected chi connectivity index (χ3v) is 4.26. The Hall–Kier alpha value is -1.62. The van der Waals surface area contributed by atoms with Crippen LogP contribution in [-0.4, -0.2) is 31.6 Å². The minimum Gasteiger partial charge on any atom is -0.371 e. The molecule has 2 rings (SSSR count). The quantitative estimate of drug-likeness (QED) is 0.896. The van der Waals surface area contributed by atoms with Gasteiger partial charge in [-0.25, -0.2) is 4.39 Å². The second-order valence-electron chi connectivity index (χ2n) is 7.17. The van der Waals surface area contributed by atoms with Gasteiger partial charge in [0.15, 0.2) is 0 Å². The Balaban J connectivity index is 1.82. The number of hydrogen-bond donors (Lipinski definition) is 2. The van der Waals surface area contributed by atoms with Gasteiger partial charge in [0, 0.05) is 25.3 Å². The Morgan fingerprint density at radius 3 is 2.64 bits per heavy atom. The van der Waals surface area contributed by atoms with Crippen LogP contribution in [0.2, 0.25) is 0 Å². The maximum atomic E-state index is 13.0. The highest BCUT2D eigenvalue weighted by Crippen LogP contribution is 2.24. The van der Waals surface area contributed by atoms with E-state index in [2.05, 4.69) is 10.2 Å². The van der Waals surface area contributed by atoms with Gasteiger partial charge in [-0.15, -0.1) is 0 Å². The molecule has 2 atom stereocenters. The van der Waals surface area contributed by atoms with Crippen molar-refractivity contribution in [1.82, 2.24) is 5.32 Å². The van der Waals surface area contributed by atoms with Crippen LogP contribution in [0, 0.1) is 17.2 Å². The first-order valence-electron chi connectivity index (χ1n) is 7.81. The van der Waals surface area contributed by atoms with Crippen LogP contribution in [0.1, 0.15) is 27.2 Å². The van der Waals surface area contributed by atoms with E-state index in [1.165, 1.54) is 12.1 Å². The molecule has 3 N–H and O–H groups in total. The van der Waals surface area contributed by atoms with E-state index < -0.39 is 6.04 Å². The maximum absolute atomic E-state index is 13.0. The number of carbonyl (C=O) groups excluding carboxylic acids is 1. The molecule has 0 aromatic heterocycles. The summed E-state index contributed by atoms with van der Waals surface area (Å²) in [5.74, 6) is 0.0943. The van der Waals surface area contributed by atoms with Gasteiger partial charge in [0.25, 0.3) is 0 Å². The molecule has 0 aliphatic carbocycles. The number of rotatable bonds is 4. The molecule has 1 saturated heterocycles. The van der Waals surface area contributed by atoms with Crippen molar-refractivity contribution in [2.24, 2.45) is 17.1 Å². The third-order valence-electron chi connectivity index (χ3n) is 4.26. The second-order valence-corrected chi connectivity index (χ2v) is 7.17. The molecule has 0 bridgehead atoms. The van der Waals surface area contributed by atoms with Gasteiger partial charge in [-0.3, -0.25) is 4.79 Å². The lowest BCUT2D eigenvalue weighted by Gasteiger charge is -2.26. The van der Waals surface area contributed by atoms with Gasteiger partial charge in [-0.05, 0) is 42.0 Å². The van der Waals surface area contributed by atoms with Crippen molar-refractivity contribution < 1.29 is 9.18 Å². The predicted octanol–water partition coefficient (Wildman–Crippen LogP) is 2.14.